The molecule has 0 fully saturated rings. The maximum Gasteiger partial charge on any atom is 0.348 e. The largest absolute Gasteiger partial charge is 0.462 e. The van der Waals surface area contributed by atoms with Crippen LogP contribution in [0.25, 0.3) is 10.2 Å². The molecule has 27 heavy (non-hydrogen) atoms. The molecule has 0 aliphatic rings. The second kappa shape index (κ2) is 9.93. The van der Waals surface area contributed by atoms with E-state index in [0.717, 1.165) is 13.0 Å². The zero-order valence-electron chi connectivity index (χ0n) is 16.2. The van der Waals surface area contributed by atoms with E-state index in [0.29, 0.717) is 39.6 Å². The van der Waals surface area contributed by atoms with E-state index in [4.69, 9.17) is 9.47 Å². The van der Waals surface area contributed by atoms with Crippen LogP contribution in [0.5, 0.6) is 0 Å². The number of carbonyl (C=O) groups excluding carboxylic acids is 1. The molecule has 1 unspecified atom stereocenters. The number of fused-ring (bicyclic) bond motifs is 1. The maximum atomic E-state index is 12.5. The number of nitrogens with zero attached hydrogens (tertiary/aromatic N) is 2. The van der Waals surface area contributed by atoms with Crippen molar-refractivity contribution in [3.63, 3.8) is 0 Å². The molecule has 0 radical (unpaired) electrons. The number of nitrogens with one attached hydrogen (secondary N) is 1. The second-order valence-electron chi connectivity index (χ2n) is 6.31. The molecule has 2 N–H and O–H groups in total. The molecule has 2 aromatic heterocycles. The molecule has 0 aliphatic heterocycles. The van der Waals surface area contributed by atoms with Crippen molar-refractivity contribution in [3.05, 3.63) is 26.6 Å². The molecular weight excluding hydrogens is 370 g/mol. The van der Waals surface area contributed by atoms with Gasteiger partial charge in [0.05, 0.1) is 31.2 Å². The zero-order chi connectivity index (χ0) is 20.0. The number of methoxy groups -OCH3 is 1. The summed E-state index contributed by atoms with van der Waals surface area (Å²) in [4.78, 5) is 34.9. The summed E-state index contributed by atoms with van der Waals surface area (Å²) < 4.78 is 10.0. The number of aliphatic hydroxyl groups is 1. The van der Waals surface area contributed by atoms with Gasteiger partial charge in [0.1, 0.15) is 15.5 Å². The maximum absolute atomic E-state index is 12.5. The zero-order valence-corrected chi connectivity index (χ0v) is 17.0. The first-order valence-corrected chi connectivity index (χ1v) is 9.81. The highest BCUT2D eigenvalue weighted by molar-refractivity contribution is 7.20. The lowest BCUT2D eigenvalue weighted by Gasteiger charge is -2.23. The number of hydrogen-bond donors (Lipinski definition) is 2. The Morgan fingerprint density at radius 3 is 2.78 bits per heavy atom. The monoisotopic (exact) mass is 397 g/mol. The van der Waals surface area contributed by atoms with E-state index in [1.54, 1.807) is 21.0 Å². The average molecular weight is 397 g/mol. The topological polar surface area (TPSA) is 105 Å². The van der Waals surface area contributed by atoms with Crippen LogP contribution in [-0.4, -0.2) is 65.5 Å². The van der Waals surface area contributed by atoms with Gasteiger partial charge in [-0.05, 0) is 32.4 Å². The number of ether oxygens (including phenoxy) is 2. The van der Waals surface area contributed by atoms with E-state index in [-0.39, 0.29) is 18.8 Å². The van der Waals surface area contributed by atoms with Gasteiger partial charge in [-0.25, -0.2) is 9.78 Å². The number of aromatic amines is 1. The minimum absolute atomic E-state index is 0.246. The molecule has 2 heterocycles. The molecular formula is C18H27N3O5S. The van der Waals surface area contributed by atoms with Crippen molar-refractivity contribution in [1.29, 1.82) is 0 Å². The molecule has 0 amide bonds. The van der Waals surface area contributed by atoms with Crippen LogP contribution in [0.2, 0.25) is 0 Å². The first kappa shape index (κ1) is 21.5. The summed E-state index contributed by atoms with van der Waals surface area (Å²) >= 11 is 1.17. The molecule has 0 aliphatic carbocycles. The van der Waals surface area contributed by atoms with Crippen LogP contribution in [-0.2, 0) is 16.0 Å². The van der Waals surface area contributed by atoms with Crippen LogP contribution in [0.3, 0.4) is 0 Å². The average Bonchev–Trinajstić information content (AvgIpc) is 2.92. The Kier molecular flexibility index (Phi) is 7.91. The second-order valence-corrected chi connectivity index (χ2v) is 7.31. The minimum Gasteiger partial charge on any atom is -0.462 e. The molecule has 0 spiro atoms. The molecule has 2 aromatic rings. The lowest BCUT2D eigenvalue weighted by Crippen LogP contribution is -2.35. The van der Waals surface area contributed by atoms with Gasteiger partial charge in [-0.2, -0.15) is 0 Å². The minimum atomic E-state index is -0.614. The van der Waals surface area contributed by atoms with E-state index >= 15 is 0 Å². The van der Waals surface area contributed by atoms with Crippen LogP contribution in [0.1, 0.15) is 41.3 Å². The molecule has 9 heteroatoms. The number of aryl methyl sites for hydroxylation is 1. The van der Waals surface area contributed by atoms with E-state index in [1.807, 2.05) is 11.8 Å². The molecule has 2 rings (SSSR count). The number of esters is 1. The van der Waals surface area contributed by atoms with E-state index in [1.165, 1.54) is 11.3 Å². The van der Waals surface area contributed by atoms with Crippen molar-refractivity contribution < 1.29 is 19.4 Å². The first-order chi connectivity index (χ1) is 12.9. The summed E-state index contributed by atoms with van der Waals surface area (Å²) in [6, 6.07) is 0. The van der Waals surface area contributed by atoms with E-state index in [9.17, 15) is 14.7 Å². The van der Waals surface area contributed by atoms with Gasteiger partial charge < -0.3 is 19.6 Å². The van der Waals surface area contributed by atoms with Gasteiger partial charge in [0, 0.05) is 13.7 Å². The Morgan fingerprint density at radius 1 is 1.41 bits per heavy atom. The number of carbonyl (C=O) groups is 1. The first-order valence-electron chi connectivity index (χ1n) is 8.99. The third kappa shape index (κ3) is 5.35. The Bertz CT molecular complexity index is 832. The number of aliphatic hydroxyl groups excluding tert-OH is 1. The molecule has 0 saturated carbocycles. The fraction of sp³-hybridized carbons (Fsp3) is 0.611. The van der Waals surface area contributed by atoms with Crippen LogP contribution in [0, 0.1) is 6.92 Å². The molecule has 0 aromatic carbocycles. The molecule has 8 nitrogen and oxygen atoms in total. The van der Waals surface area contributed by atoms with Gasteiger partial charge in [0.2, 0.25) is 0 Å². The number of aromatic nitrogens is 2. The van der Waals surface area contributed by atoms with Gasteiger partial charge in [0.25, 0.3) is 5.56 Å². The van der Waals surface area contributed by atoms with Crippen molar-refractivity contribution >= 4 is 27.5 Å². The van der Waals surface area contributed by atoms with E-state index < -0.39 is 12.1 Å². The normalized spacial score (nSPS) is 12.7. The van der Waals surface area contributed by atoms with Crippen molar-refractivity contribution in [3.8, 4) is 0 Å². The third-order valence-corrected chi connectivity index (χ3v) is 5.22. The number of hydrogen-bond acceptors (Lipinski definition) is 8. The summed E-state index contributed by atoms with van der Waals surface area (Å²) in [7, 11) is 1.54. The fourth-order valence-corrected chi connectivity index (χ4v) is 4.06. The highest BCUT2D eigenvalue weighted by Crippen LogP contribution is 2.27. The van der Waals surface area contributed by atoms with Gasteiger partial charge in [-0.3, -0.25) is 9.69 Å². The van der Waals surface area contributed by atoms with Crippen molar-refractivity contribution in [1.82, 2.24) is 14.9 Å². The lowest BCUT2D eigenvalue weighted by molar-refractivity contribution is 0.0353. The van der Waals surface area contributed by atoms with Crippen molar-refractivity contribution in [2.75, 3.05) is 33.4 Å². The van der Waals surface area contributed by atoms with Crippen LogP contribution in [0.4, 0.5) is 0 Å². The van der Waals surface area contributed by atoms with Crippen LogP contribution < -0.4 is 5.56 Å². The summed E-state index contributed by atoms with van der Waals surface area (Å²) in [6.45, 7) is 7.60. The predicted molar refractivity (Wildman–Crippen MR) is 104 cm³/mol. The number of thiophene rings is 1. The third-order valence-electron chi connectivity index (χ3n) is 4.05. The fourth-order valence-electron chi connectivity index (χ4n) is 2.96. The standard InChI is InChI=1S/C18H27N3O5S/c1-5-7-21(8-12(22)10-25-4)9-13-19-16(23)14-11(3)15(18(24)26-6-2)27-17(14)20-13/h12,22H,5-10H2,1-4H3,(H,19,20,23). The van der Waals surface area contributed by atoms with Gasteiger partial charge >= 0.3 is 5.97 Å². The Labute approximate surface area is 162 Å². The summed E-state index contributed by atoms with van der Waals surface area (Å²) in [5, 5.41) is 10.4. The summed E-state index contributed by atoms with van der Waals surface area (Å²) in [6.07, 6.45) is 0.286. The Hall–Kier alpha value is -1.81. The summed E-state index contributed by atoms with van der Waals surface area (Å²) in [5.41, 5.74) is 0.322. The number of rotatable bonds is 10. The Balaban J connectivity index is 2.30. The highest BCUT2D eigenvalue weighted by atomic mass is 32.1. The molecule has 0 saturated heterocycles. The predicted octanol–water partition coefficient (Wildman–Crippen LogP) is 1.69. The number of H-pyrrole nitrogens is 1. The smallest absolute Gasteiger partial charge is 0.348 e. The quantitative estimate of drug-likeness (QED) is 0.588. The van der Waals surface area contributed by atoms with E-state index in [2.05, 4.69) is 9.97 Å². The van der Waals surface area contributed by atoms with Crippen molar-refractivity contribution in [2.24, 2.45) is 0 Å². The molecule has 150 valence electrons. The lowest BCUT2D eigenvalue weighted by atomic mass is 10.2. The van der Waals surface area contributed by atoms with Gasteiger partial charge in [0.15, 0.2) is 0 Å². The Morgan fingerprint density at radius 2 is 2.15 bits per heavy atom. The van der Waals surface area contributed by atoms with Gasteiger partial charge in [-0.15, -0.1) is 11.3 Å². The SMILES string of the molecule is CCCN(Cc1nc2sc(C(=O)OCC)c(C)c2c(=O)[nH]1)CC(O)COC. The highest BCUT2D eigenvalue weighted by Gasteiger charge is 2.21. The van der Waals surface area contributed by atoms with Crippen LogP contribution >= 0.6 is 11.3 Å². The summed E-state index contributed by atoms with van der Waals surface area (Å²) in [5.74, 6) is 0.0662. The van der Waals surface area contributed by atoms with Crippen LogP contribution in [0.15, 0.2) is 4.79 Å². The molecule has 0 bridgehead atoms. The van der Waals surface area contributed by atoms with Gasteiger partial charge in [-0.1, -0.05) is 6.92 Å². The molecule has 1 atom stereocenters. The van der Waals surface area contributed by atoms with Crippen molar-refractivity contribution in [2.45, 2.75) is 39.8 Å².